The van der Waals surface area contributed by atoms with Gasteiger partial charge in [-0.2, -0.15) is 15.0 Å². The Morgan fingerprint density at radius 2 is 1.40 bits per heavy atom. The monoisotopic (exact) mass is 446 g/mol. The number of carbonyl (C=O) groups is 1. The third kappa shape index (κ3) is 5.76. The minimum atomic E-state index is -0.0956. The van der Waals surface area contributed by atoms with Crippen LogP contribution in [0.25, 0.3) is 0 Å². The number of amides is 1. The molecule has 4 rings (SSSR count). The van der Waals surface area contributed by atoms with Gasteiger partial charge < -0.3 is 15.1 Å². The summed E-state index contributed by atoms with van der Waals surface area (Å²) in [5.41, 5.74) is 0.726. The molecule has 9 heteroatoms. The van der Waals surface area contributed by atoms with Crippen molar-refractivity contribution < 1.29 is 4.79 Å². The average molecular weight is 447 g/mol. The summed E-state index contributed by atoms with van der Waals surface area (Å²) < 4.78 is 0. The van der Waals surface area contributed by atoms with Gasteiger partial charge in [-0.3, -0.25) is 4.79 Å². The molecule has 0 unspecified atom stereocenters. The van der Waals surface area contributed by atoms with Crippen LogP contribution in [0.4, 0.5) is 17.6 Å². The highest BCUT2D eigenvalue weighted by Gasteiger charge is 2.20. The SMILES string of the molecule is O=C(CSc1nc(N2CCCCC2)nc(N2CCCCC2)n1)Nc1ccc(Cl)cc1. The summed E-state index contributed by atoms with van der Waals surface area (Å²) in [6.07, 6.45) is 7.17. The second-order valence-electron chi connectivity index (χ2n) is 7.66. The van der Waals surface area contributed by atoms with Gasteiger partial charge in [0.15, 0.2) is 5.16 Å². The zero-order chi connectivity index (χ0) is 20.8. The molecular formula is C21H27ClN6OS. The second kappa shape index (κ2) is 10.3. The van der Waals surface area contributed by atoms with E-state index in [2.05, 4.69) is 25.1 Å². The number of rotatable bonds is 6. The lowest BCUT2D eigenvalue weighted by molar-refractivity contribution is -0.113. The maximum absolute atomic E-state index is 12.4. The number of piperidine rings is 2. The van der Waals surface area contributed by atoms with Crippen molar-refractivity contribution in [1.29, 1.82) is 0 Å². The lowest BCUT2D eigenvalue weighted by atomic mass is 10.1. The van der Waals surface area contributed by atoms with E-state index in [0.717, 1.165) is 69.4 Å². The third-order valence-corrected chi connectivity index (χ3v) is 6.43. The van der Waals surface area contributed by atoms with Crippen LogP contribution >= 0.6 is 23.4 Å². The van der Waals surface area contributed by atoms with E-state index in [1.54, 1.807) is 24.3 Å². The Morgan fingerprint density at radius 3 is 1.93 bits per heavy atom. The number of hydrogen-bond acceptors (Lipinski definition) is 7. The number of anilines is 3. The van der Waals surface area contributed by atoms with Crippen molar-refractivity contribution in [3.05, 3.63) is 29.3 Å². The van der Waals surface area contributed by atoms with Crippen molar-refractivity contribution in [2.24, 2.45) is 0 Å². The fraction of sp³-hybridized carbons (Fsp3) is 0.524. The second-order valence-corrected chi connectivity index (χ2v) is 9.04. The molecule has 2 aliphatic heterocycles. The number of nitrogens with one attached hydrogen (secondary N) is 1. The lowest BCUT2D eigenvalue weighted by Crippen LogP contribution is -2.34. The minimum absolute atomic E-state index is 0.0956. The van der Waals surface area contributed by atoms with E-state index in [1.165, 1.54) is 24.6 Å². The van der Waals surface area contributed by atoms with Gasteiger partial charge in [0, 0.05) is 36.9 Å². The Bertz CT molecular complexity index is 817. The normalized spacial score (nSPS) is 17.1. The molecule has 0 saturated carbocycles. The smallest absolute Gasteiger partial charge is 0.234 e. The predicted octanol–water partition coefficient (Wildman–Crippen LogP) is 4.24. The molecule has 1 aromatic carbocycles. The van der Waals surface area contributed by atoms with Crippen molar-refractivity contribution in [3.63, 3.8) is 0 Å². The summed E-state index contributed by atoms with van der Waals surface area (Å²) in [7, 11) is 0. The summed E-state index contributed by atoms with van der Waals surface area (Å²) in [4.78, 5) is 31.0. The van der Waals surface area contributed by atoms with Crippen LogP contribution < -0.4 is 15.1 Å². The van der Waals surface area contributed by atoms with Crippen molar-refractivity contribution in [1.82, 2.24) is 15.0 Å². The van der Waals surface area contributed by atoms with Crippen LogP contribution in [-0.4, -0.2) is 52.8 Å². The number of halogens is 1. The Labute approximate surface area is 186 Å². The summed E-state index contributed by atoms with van der Waals surface area (Å²) >= 11 is 7.25. The van der Waals surface area contributed by atoms with E-state index in [9.17, 15) is 4.79 Å². The summed E-state index contributed by atoms with van der Waals surface area (Å²) in [6.45, 7) is 3.91. The molecule has 30 heavy (non-hydrogen) atoms. The van der Waals surface area contributed by atoms with Gasteiger partial charge in [0.2, 0.25) is 17.8 Å². The molecule has 7 nitrogen and oxygen atoms in total. The first-order chi connectivity index (χ1) is 14.7. The van der Waals surface area contributed by atoms with Crippen molar-refractivity contribution in [3.8, 4) is 0 Å². The Hall–Kier alpha value is -2.06. The molecule has 0 aliphatic carbocycles. The molecule has 3 heterocycles. The third-order valence-electron chi connectivity index (χ3n) is 5.33. The Morgan fingerprint density at radius 1 is 0.867 bits per heavy atom. The van der Waals surface area contributed by atoms with E-state index >= 15 is 0 Å². The van der Waals surface area contributed by atoms with Gasteiger partial charge in [-0.05, 0) is 62.8 Å². The molecule has 1 aromatic heterocycles. The highest BCUT2D eigenvalue weighted by Crippen LogP contribution is 2.25. The molecule has 2 aliphatic rings. The van der Waals surface area contributed by atoms with E-state index in [1.807, 2.05) is 0 Å². The van der Waals surface area contributed by atoms with Gasteiger partial charge in [0.05, 0.1) is 5.75 Å². The number of aromatic nitrogens is 3. The fourth-order valence-electron chi connectivity index (χ4n) is 3.73. The molecule has 1 N–H and O–H groups in total. The van der Waals surface area contributed by atoms with E-state index in [4.69, 9.17) is 16.6 Å². The van der Waals surface area contributed by atoms with E-state index in [-0.39, 0.29) is 11.7 Å². The summed E-state index contributed by atoms with van der Waals surface area (Å²) in [6, 6.07) is 7.09. The average Bonchev–Trinajstić information content (AvgIpc) is 2.80. The predicted molar refractivity (Wildman–Crippen MR) is 123 cm³/mol. The van der Waals surface area contributed by atoms with Gasteiger partial charge in [0.25, 0.3) is 0 Å². The summed E-state index contributed by atoms with van der Waals surface area (Å²) in [5.74, 6) is 1.63. The molecule has 2 aromatic rings. The van der Waals surface area contributed by atoms with Gasteiger partial charge in [-0.1, -0.05) is 23.4 Å². The van der Waals surface area contributed by atoms with Crippen LogP contribution in [-0.2, 0) is 4.79 Å². The molecule has 0 bridgehead atoms. The standard InChI is InChI=1S/C21H27ClN6OS/c22-16-7-9-17(10-8-16)23-18(29)15-30-21-25-19(27-11-3-1-4-12-27)24-20(26-21)28-13-5-2-6-14-28/h7-10H,1-6,11-15H2,(H,23,29). The largest absolute Gasteiger partial charge is 0.341 e. The van der Waals surface area contributed by atoms with Crippen LogP contribution in [0.15, 0.2) is 29.4 Å². The maximum Gasteiger partial charge on any atom is 0.234 e. The first-order valence-corrected chi connectivity index (χ1v) is 12.0. The van der Waals surface area contributed by atoms with Crippen molar-refractivity contribution in [2.45, 2.75) is 43.7 Å². The molecule has 0 spiro atoms. The fourth-order valence-corrected chi connectivity index (χ4v) is 4.48. The summed E-state index contributed by atoms with van der Waals surface area (Å²) in [5, 5.41) is 4.14. The first-order valence-electron chi connectivity index (χ1n) is 10.6. The quantitative estimate of drug-likeness (QED) is 0.665. The zero-order valence-electron chi connectivity index (χ0n) is 17.0. The molecule has 1 amide bonds. The van der Waals surface area contributed by atoms with Crippen LogP contribution in [0, 0.1) is 0 Å². The minimum Gasteiger partial charge on any atom is -0.341 e. The topological polar surface area (TPSA) is 74.2 Å². The Kier molecular flexibility index (Phi) is 7.28. The number of benzene rings is 1. The van der Waals surface area contributed by atoms with E-state index in [0.29, 0.717) is 10.2 Å². The molecule has 0 atom stereocenters. The molecule has 160 valence electrons. The highest BCUT2D eigenvalue weighted by atomic mass is 35.5. The zero-order valence-corrected chi connectivity index (χ0v) is 18.6. The van der Waals surface area contributed by atoms with Gasteiger partial charge in [-0.25, -0.2) is 0 Å². The van der Waals surface area contributed by atoms with Gasteiger partial charge in [0.1, 0.15) is 0 Å². The van der Waals surface area contributed by atoms with Crippen LogP contribution in [0.1, 0.15) is 38.5 Å². The van der Waals surface area contributed by atoms with Crippen LogP contribution in [0.3, 0.4) is 0 Å². The van der Waals surface area contributed by atoms with E-state index < -0.39 is 0 Å². The number of hydrogen-bond donors (Lipinski definition) is 1. The number of thioether (sulfide) groups is 1. The first kappa shape index (κ1) is 21.2. The van der Waals surface area contributed by atoms with Gasteiger partial charge in [-0.15, -0.1) is 0 Å². The van der Waals surface area contributed by atoms with Crippen molar-refractivity contribution >= 4 is 46.9 Å². The maximum atomic E-state index is 12.4. The molecule has 2 fully saturated rings. The number of nitrogens with zero attached hydrogens (tertiary/aromatic N) is 5. The molecule has 0 radical (unpaired) electrons. The molecule has 2 saturated heterocycles. The Balaban J connectivity index is 1.46. The highest BCUT2D eigenvalue weighted by molar-refractivity contribution is 7.99. The number of carbonyl (C=O) groups excluding carboxylic acids is 1. The van der Waals surface area contributed by atoms with Gasteiger partial charge >= 0.3 is 0 Å². The van der Waals surface area contributed by atoms with Crippen molar-refractivity contribution in [2.75, 3.05) is 47.0 Å². The molecular weight excluding hydrogens is 420 g/mol. The van der Waals surface area contributed by atoms with Crippen LogP contribution in [0.5, 0.6) is 0 Å². The lowest BCUT2D eigenvalue weighted by Gasteiger charge is -2.30. The van der Waals surface area contributed by atoms with Crippen LogP contribution in [0.2, 0.25) is 5.02 Å².